The number of aryl methyl sites for hydroxylation is 1. The molecule has 0 aliphatic carbocycles. The van der Waals surface area contributed by atoms with E-state index in [4.69, 9.17) is 9.47 Å². The van der Waals surface area contributed by atoms with Gasteiger partial charge in [0.1, 0.15) is 0 Å². The monoisotopic (exact) mass is 341 g/mol. The van der Waals surface area contributed by atoms with Crippen LogP contribution >= 0.6 is 0 Å². The summed E-state index contributed by atoms with van der Waals surface area (Å²) in [7, 11) is 0. The zero-order chi connectivity index (χ0) is 17.5. The fourth-order valence-corrected chi connectivity index (χ4v) is 3.46. The number of nitrogens with one attached hydrogen (secondary N) is 1. The molecule has 24 heavy (non-hydrogen) atoms. The van der Waals surface area contributed by atoms with Gasteiger partial charge in [-0.25, -0.2) is 0 Å². The maximum atomic E-state index is 13.5. The third-order valence-corrected chi connectivity index (χ3v) is 4.46. The maximum Gasteiger partial charge on any atom is 0.417 e. The van der Waals surface area contributed by atoms with Gasteiger partial charge in [-0.3, -0.25) is 4.79 Å². The number of alkyl halides is 3. The summed E-state index contributed by atoms with van der Waals surface area (Å²) in [5, 5.41) is 0.149. The summed E-state index contributed by atoms with van der Waals surface area (Å²) < 4.78 is 51.3. The summed E-state index contributed by atoms with van der Waals surface area (Å²) in [5.41, 5.74) is 1.36. The molecule has 1 aromatic carbocycles. The number of aromatic amines is 1. The van der Waals surface area contributed by atoms with Crippen LogP contribution in [0.15, 0.2) is 12.1 Å². The van der Waals surface area contributed by atoms with Crippen molar-refractivity contribution in [2.24, 2.45) is 0 Å². The molecule has 130 valence electrons. The third kappa shape index (κ3) is 2.47. The largest absolute Gasteiger partial charge is 0.429 e. The maximum absolute atomic E-state index is 13.5. The molecule has 7 heteroatoms. The van der Waals surface area contributed by atoms with Crippen LogP contribution in [0.2, 0.25) is 0 Å². The Morgan fingerprint density at radius 2 is 2.17 bits per heavy atom. The van der Waals surface area contributed by atoms with E-state index in [9.17, 15) is 18.0 Å². The fourth-order valence-electron chi connectivity index (χ4n) is 3.46. The van der Waals surface area contributed by atoms with Gasteiger partial charge >= 0.3 is 6.18 Å². The summed E-state index contributed by atoms with van der Waals surface area (Å²) in [6.07, 6.45) is -3.12. The van der Waals surface area contributed by atoms with E-state index in [1.54, 1.807) is 6.92 Å². The number of fused-ring (bicyclic) bond motifs is 3. The molecule has 0 saturated heterocycles. The number of hydrogen-bond donors (Lipinski definition) is 1. The average Bonchev–Trinajstić information content (AvgIpc) is 2.89. The van der Waals surface area contributed by atoms with Crippen LogP contribution in [0.25, 0.3) is 10.9 Å². The van der Waals surface area contributed by atoms with E-state index in [0.29, 0.717) is 41.6 Å². The summed E-state index contributed by atoms with van der Waals surface area (Å²) in [6, 6.07) is 2.54. The predicted molar refractivity (Wildman–Crippen MR) is 81.4 cm³/mol. The fraction of sp³-hybridized carbons (Fsp3) is 0.471. The molecule has 4 nitrogen and oxygen atoms in total. The Hall–Kier alpha value is -2.02. The highest BCUT2D eigenvalue weighted by Crippen LogP contribution is 2.45. The van der Waals surface area contributed by atoms with Gasteiger partial charge in [-0.05, 0) is 37.0 Å². The number of hydrogen-bond acceptors (Lipinski definition) is 3. The van der Waals surface area contributed by atoms with Crippen molar-refractivity contribution in [1.82, 2.24) is 4.98 Å². The van der Waals surface area contributed by atoms with Gasteiger partial charge < -0.3 is 14.5 Å². The first-order valence-electron chi connectivity index (χ1n) is 7.81. The molecule has 1 aromatic heterocycles. The highest BCUT2D eigenvalue weighted by Gasteiger charge is 2.44. The molecule has 1 aliphatic heterocycles. The number of halogens is 3. The quantitative estimate of drug-likeness (QED) is 0.848. The van der Waals surface area contributed by atoms with Crippen molar-refractivity contribution in [3.8, 4) is 0 Å². The van der Waals surface area contributed by atoms with Crippen LogP contribution in [0.5, 0.6) is 0 Å². The van der Waals surface area contributed by atoms with Crippen molar-refractivity contribution in [1.29, 1.82) is 0 Å². The lowest BCUT2D eigenvalue weighted by Crippen LogP contribution is -2.38. The third-order valence-electron chi connectivity index (χ3n) is 4.46. The Bertz CT molecular complexity index is 781. The van der Waals surface area contributed by atoms with E-state index in [1.807, 2.05) is 6.92 Å². The minimum Gasteiger partial charge on any atom is -0.429 e. The normalized spacial score (nSPS) is 20.9. The molecule has 0 spiro atoms. The van der Waals surface area contributed by atoms with E-state index >= 15 is 0 Å². The number of rotatable bonds is 4. The zero-order valence-corrected chi connectivity index (χ0v) is 13.4. The second-order valence-corrected chi connectivity index (χ2v) is 5.97. The first kappa shape index (κ1) is 16.8. The molecule has 1 unspecified atom stereocenters. The molecule has 0 saturated carbocycles. The van der Waals surface area contributed by atoms with E-state index in [-0.39, 0.29) is 18.5 Å². The molecular weight excluding hydrogens is 323 g/mol. The SMILES string of the molecule is CCCC1(OC=O)OCCc2c1[nH]c1c(C)ccc(C(F)(F)F)c21. The molecule has 1 aliphatic rings. The van der Waals surface area contributed by atoms with E-state index in [1.165, 1.54) is 6.07 Å². The second-order valence-electron chi connectivity index (χ2n) is 5.97. The number of H-pyrrole nitrogens is 1. The minimum atomic E-state index is -4.46. The first-order valence-corrected chi connectivity index (χ1v) is 7.81. The van der Waals surface area contributed by atoms with Gasteiger partial charge in [0.2, 0.25) is 0 Å². The number of carbonyl (C=O) groups is 1. The molecule has 0 fully saturated rings. The summed E-state index contributed by atoms with van der Waals surface area (Å²) in [5.74, 6) is -1.35. The van der Waals surface area contributed by atoms with Gasteiger partial charge in [-0.15, -0.1) is 0 Å². The van der Waals surface area contributed by atoms with Gasteiger partial charge in [0.15, 0.2) is 0 Å². The summed E-state index contributed by atoms with van der Waals surface area (Å²) in [6.45, 7) is 4.11. The predicted octanol–water partition coefficient (Wildman–Crippen LogP) is 4.19. The van der Waals surface area contributed by atoms with Gasteiger partial charge in [0, 0.05) is 17.3 Å². The highest BCUT2D eigenvalue weighted by molar-refractivity contribution is 5.91. The van der Waals surface area contributed by atoms with E-state index < -0.39 is 17.5 Å². The Balaban J connectivity index is 2.34. The number of aromatic nitrogens is 1. The van der Waals surface area contributed by atoms with Crippen molar-refractivity contribution in [2.45, 2.75) is 45.1 Å². The van der Waals surface area contributed by atoms with Crippen LogP contribution in [-0.4, -0.2) is 18.1 Å². The molecule has 1 N–H and O–H groups in total. The number of ether oxygens (including phenoxy) is 2. The van der Waals surface area contributed by atoms with Gasteiger partial charge in [-0.1, -0.05) is 13.0 Å². The van der Waals surface area contributed by atoms with Crippen molar-refractivity contribution < 1.29 is 27.4 Å². The Kier molecular flexibility index (Phi) is 4.07. The van der Waals surface area contributed by atoms with Gasteiger partial charge in [0.25, 0.3) is 12.3 Å². The number of benzene rings is 1. The lowest BCUT2D eigenvalue weighted by Gasteiger charge is -2.35. The van der Waals surface area contributed by atoms with Crippen LogP contribution in [0, 0.1) is 6.92 Å². The second kappa shape index (κ2) is 5.81. The Morgan fingerprint density at radius 1 is 1.42 bits per heavy atom. The zero-order valence-electron chi connectivity index (χ0n) is 13.4. The van der Waals surface area contributed by atoms with E-state index in [2.05, 4.69) is 4.98 Å². The molecule has 2 heterocycles. The number of carbonyl (C=O) groups excluding carboxylic acids is 1. The molecule has 1 atom stereocenters. The first-order chi connectivity index (χ1) is 11.3. The van der Waals surface area contributed by atoms with Crippen LogP contribution < -0.4 is 0 Å². The molecule has 0 amide bonds. The molecule has 3 rings (SSSR count). The van der Waals surface area contributed by atoms with Crippen LogP contribution in [0.4, 0.5) is 13.2 Å². The molecule has 0 bridgehead atoms. The Morgan fingerprint density at radius 3 is 2.79 bits per heavy atom. The average molecular weight is 341 g/mol. The van der Waals surface area contributed by atoms with E-state index in [0.717, 1.165) is 6.07 Å². The van der Waals surface area contributed by atoms with Crippen molar-refractivity contribution >= 4 is 17.4 Å². The molecule has 0 radical (unpaired) electrons. The minimum absolute atomic E-state index is 0.149. The van der Waals surface area contributed by atoms with Crippen LogP contribution in [0.1, 0.15) is 42.1 Å². The topological polar surface area (TPSA) is 51.3 Å². The van der Waals surface area contributed by atoms with Gasteiger partial charge in [-0.2, -0.15) is 13.2 Å². The van der Waals surface area contributed by atoms with Crippen molar-refractivity contribution in [3.05, 3.63) is 34.5 Å². The van der Waals surface area contributed by atoms with Crippen molar-refractivity contribution in [3.63, 3.8) is 0 Å². The van der Waals surface area contributed by atoms with Crippen molar-refractivity contribution in [2.75, 3.05) is 6.61 Å². The van der Waals surface area contributed by atoms with Crippen LogP contribution in [0.3, 0.4) is 0 Å². The highest BCUT2D eigenvalue weighted by atomic mass is 19.4. The van der Waals surface area contributed by atoms with Crippen LogP contribution in [-0.2, 0) is 32.7 Å². The Labute approximate surface area is 136 Å². The lowest BCUT2D eigenvalue weighted by molar-refractivity contribution is -0.239. The molecule has 2 aromatic rings. The smallest absolute Gasteiger partial charge is 0.417 e. The molecular formula is C17H18F3NO3. The summed E-state index contributed by atoms with van der Waals surface area (Å²) >= 11 is 0. The van der Waals surface area contributed by atoms with Gasteiger partial charge in [0.05, 0.1) is 17.9 Å². The summed E-state index contributed by atoms with van der Waals surface area (Å²) in [4.78, 5) is 14.0. The standard InChI is InChI=1S/C17H18F3NO3/c1-3-7-16(24-9-22)15-11(6-8-23-16)13-12(17(18,19)20)5-4-10(2)14(13)21-15/h4-5,9,21H,3,6-8H2,1-2H3. The lowest BCUT2D eigenvalue weighted by atomic mass is 9.94.